The van der Waals surface area contributed by atoms with E-state index in [1.165, 1.54) is 12.1 Å². The molecule has 2 N–H and O–H groups in total. The Bertz CT molecular complexity index is 697. The van der Waals surface area contributed by atoms with Gasteiger partial charge in [-0.2, -0.15) is 0 Å². The molecule has 1 heterocycles. The van der Waals surface area contributed by atoms with Crippen LogP contribution in [0.25, 0.3) is 0 Å². The summed E-state index contributed by atoms with van der Waals surface area (Å²) in [5.41, 5.74) is 8.25. The zero-order valence-electron chi connectivity index (χ0n) is 14.4. The predicted molar refractivity (Wildman–Crippen MR) is 97.7 cm³/mol. The van der Waals surface area contributed by atoms with Crippen molar-refractivity contribution in [1.82, 2.24) is 4.90 Å². The molecule has 4 nitrogen and oxygen atoms in total. The van der Waals surface area contributed by atoms with Crippen molar-refractivity contribution in [2.45, 2.75) is 13.0 Å². The van der Waals surface area contributed by atoms with Crippen LogP contribution in [0.4, 0.5) is 10.1 Å². The monoisotopic (exact) mass is 341 g/mol. The molecule has 132 valence electrons. The molecular weight excluding hydrogens is 317 g/mol. The Morgan fingerprint density at radius 1 is 1.00 bits per heavy atom. The third-order valence-electron chi connectivity index (χ3n) is 4.90. The predicted octanol–water partition coefficient (Wildman–Crippen LogP) is 2.81. The molecule has 0 spiro atoms. The first-order valence-corrected chi connectivity index (χ1v) is 8.66. The van der Waals surface area contributed by atoms with Crippen LogP contribution < -0.4 is 10.6 Å². The Hall–Kier alpha value is -2.40. The normalized spacial score (nSPS) is 17.2. The van der Waals surface area contributed by atoms with Gasteiger partial charge in [-0.15, -0.1) is 0 Å². The Morgan fingerprint density at radius 3 is 2.20 bits per heavy atom. The Balaban J connectivity index is 1.58. The third kappa shape index (κ3) is 3.99. The van der Waals surface area contributed by atoms with Crippen LogP contribution in [0.1, 0.15) is 18.5 Å². The maximum Gasteiger partial charge on any atom is 0.227 e. The largest absolute Gasteiger partial charge is 0.368 e. The second kappa shape index (κ2) is 7.66. The van der Waals surface area contributed by atoms with Gasteiger partial charge in [0.15, 0.2) is 0 Å². The van der Waals surface area contributed by atoms with Crippen molar-refractivity contribution in [3.05, 3.63) is 66.0 Å². The van der Waals surface area contributed by atoms with Gasteiger partial charge in [-0.1, -0.05) is 37.3 Å². The van der Waals surface area contributed by atoms with Crippen molar-refractivity contribution < 1.29 is 9.18 Å². The number of benzene rings is 2. The number of amides is 1. The SMILES string of the molecule is CC(C(=O)N1CCN(c2ccc(F)cc2)CC1)C(N)c1ccccc1. The molecule has 2 unspecified atom stereocenters. The van der Waals surface area contributed by atoms with Crippen molar-refractivity contribution in [2.24, 2.45) is 11.7 Å². The van der Waals surface area contributed by atoms with Gasteiger partial charge in [-0.05, 0) is 29.8 Å². The molecule has 25 heavy (non-hydrogen) atoms. The lowest BCUT2D eigenvalue weighted by molar-refractivity contribution is -0.136. The minimum absolute atomic E-state index is 0.0927. The van der Waals surface area contributed by atoms with Gasteiger partial charge in [0, 0.05) is 37.9 Å². The standard InChI is InChI=1S/C20H24FN3O/c1-15(19(22)16-5-3-2-4-6-16)20(25)24-13-11-23(12-14-24)18-9-7-17(21)8-10-18/h2-10,15,19H,11-14,22H2,1H3. The second-order valence-corrected chi connectivity index (χ2v) is 6.51. The van der Waals surface area contributed by atoms with E-state index in [1.54, 1.807) is 12.1 Å². The van der Waals surface area contributed by atoms with Crippen LogP contribution in [0.3, 0.4) is 0 Å². The Labute approximate surface area is 148 Å². The molecule has 0 saturated carbocycles. The highest BCUT2D eigenvalue weighted by Gasteiger charge is 2.29. The summed E-state index contributed by atoms with van der Waals surface area (Å²) in [5.74, 6) is -0.406. The molecule has 1 amide bonds. The van der Waals surface area contributed by atoms with E-state index >= 15 is 0 Å². The molecule has 2 aromatic carbocycles. The molecular formula is C20H24FN3O. The Morgan fingerprint density at radius 2 is 1.60 bits per heavy atom. The van der Waals surface area contributed by atoms with Crippen molar-refractivity contribution in [2.75, 3.05) is 31.1 Å². The number of rotatable bonds is 4. The molecule has 2 aromatic rings. The average Bonchev–Trinajstić information content (AvgIpc) is 2.67. The molecule has 1 fully saturated rings. The van der Waals surface area contributed by atoms with Gasteiger partial charge in [0.2, 0.25) is 5.91 Å². The summed E-state index contributed by atoms with van der Waals surface area (Å²) in [6.07, 6.45) is 0. The fourth-order valence-electron chi connectivity index (χ4n) is 3.24. The summed E-state index contributed by atoms with van der Waals surface area (Å²) in [5, 5.41) is 0. The molecule has 0 bridgehead atoms. The number of nitrogens with two attached hydrogens (primary N) is 1. The van der Waals surface area contributed by atoms with E-state index in [1.807, 2.05) is 42.2 Å². The number of hydrogen-bond acceptors (Lipinski definition) is 3. The van der Waals surface area contributed by atoms with Crippen molar-refractivity contribution >= 4 is 11.6 Å². The van der Waals surface area contributed by atoms with Crippen LogP contribution in [0, 0.1) is 11.7 Å². The minimum atomic E-state index is -0.302. The quantitative estimate of drug-likeness (QED) is 0.930. The van der Waals surface area contributed by atoms with Gasteiger partial charge in [-0.3, -0.25) is 4.79 Å². The highest BCUT2D eigenvalue weighted by atomic mass is 19.1. The molecule has 3 rings (SSSR count). The smallest absolute Gasteiger partial charge is 0.227 e. The zero-order chi connectivity index (χ0) is 17.8. The summed E-state index contributed by atoms with van der Waals surface area (Å²) < 4.78 is 13.0. The second-order valence-electron chi connectivity index (χ2n) is 6.51. The number of piperazine rings is 1. The molecule has 0 aromatic heterocycles. The number of nitrogens with zero attached hydrogens (tertiary/aromatic N) is 2. The summed E-state index contributed by atoms with van der Waals surface area (Å²) in [6, 6.07) is 15.9. The molecule has 5 heteroatoms. The van der Waals surface area contributed by atoms with E-state index in [0.29, 0.717) is 13.1 Å². The van der Waals surface area contributed by atoms with E-state index in [4.69, 9.17) is 5.73 Å². The highest BCUT2D eigenvalue weighted by molar-refractivity contribution is 5.79. The van der Waals surface area contributed by atoms with Crippen LogP contribution >= 0.6 is 0 Å². The molecule has 0 aliphatic carbocycles. The summed E-state index contributed by atoms with van der Waals surface area (Å²) in [4.78, 5) is 16.8. The van der Waals surface area contributed by atoms with E-state index < -0.39 is 0 Å². The van der Waals surface area contributed by atoms with Gasteiger partial charge in [0.05, 0.1) is 5.92 Å². The zero-order valence-corrected chi connectivity index (χ0v) is 14.4. The highest BCUT2D eigenvalue weighted by Crippen LogP contribution is 2.23. The van der Waals surface area contributed by atoms with Crippen LogP contribution in [0.5, 0.6) is 0 Å². The van der Waals surface area contributed by atoms with Crippen LogP contribution in [0.15, 0.2) is 54.6 Å². The molecule has 1 saturated heterocycles. The number of halogens is 1. The maximum atomic E-state index is 13.0. The minimum Gasteiger partial charge on any atom is -0.368 e. The van der Waals surface area contributed by atoms with Crippen LogP contribution in [-0.2, 0) is 4.79 Å². The molecule has 0 radical (unpaired) electrons. The summed E-state index contributed by atoms with van der Waals surface area (Å²) in [7, 11) is 0. The first-order chi connectivity index (χ1) is 12.1. The van der Waals surface area contributed by atoms with Crippen LogP contribution in [-0.4, -0.2) is 37.0 Å². The van der Waals surface area contributed by atoms with Gasteiger partial charge in [-0.25, -0.2) is 4.39 Å². The van der Waals surface area contributed by atoms with Gasteiger partial charge >= 0.3 is 0 Å². The molecule has 1 aliphatic heterocycles. The average molecular weight is 341 g/mol. The van der Waals surface area contributed by atoms with E-state index in [9.17, 15) is 9.18 Å². The summed E-state index contributed by atoms with van der Waals surface area (Å²) in [6.45, 7) is 4.69. The van der Waals surface area contributed by atoms with Gasteiger partial charge < -0.3 is 15.5 Å². The van der Waals surface area contributed by atoms with Gasteiger partial charge in [0.25, 0.3) is 0 Å². The maximum absolute atomic E-state index is 13.0. The van der Waals surface area contributed by atoms with E-state index in [0.717, 1.165) is 24.3 Å². The van der Waals surface area contributed by atoms with Gasteiger partial charge in [0.1, 0.15) is 5.82 Å². The lowest BCUT2D eigenvalue weighted by Crippen LogP contribution is -2.51. The lowest BCUT2D eigenvalue weighted by Gasteiger charge is -2.38. The lowest BCUT2D eigenvalue weighted by atomic mass is 9.94. The number of carbonyl (C=O) groups is 1. The fraction of sp³-hybridized carbons (Fsp3) is 0.350. The van der Waals surface area contributed by atoms with Crippen LogP contribution in [0.2, 0.25) is 0 Å². The first-order valence-electron chi connectivity index (χ1n) is 8.66. The van der Waals surface area contributed by atoms with Crippen molar-refractivity contribution in [1.29, 1.82) is 0 Å². The van der Waals surface area contributed by atoms with E-state index in [-0.39, 0.29) is 23.7 Å². The van der Waals surface area contributed by atoms with Crippen molar-refractivity contribution in [3.8, 4) is 0 Å². The van der Waals surface area contributed by atoms with Crippen molar-refractivity contribution in [3.63, 3.8) is 0 Å². The number of hydrogen-bond donors (Lipinski definition) is 1. The fourth-order valence-corrected chi connectivity index (χ4v) is 3.24. The van der Waals surface area contributed by atoms with E-state index in [2.05, 4.69) is 4.90 Å². The number of anilines is 1. The summed E-state index contributed by atoms with van der Waals surface area (Å²) >= 11 is 0. The number of carbonyl (C=O) groups excluding carboxylic acids is 1. The third-order valence-corrected chi connectivity index (χ3v) is 4.90. The first kappa shape index (κ1) is 17.4. The topological polar surface area (TPSA) is 49.6 Å². The molecule has 1 aliphatic rings. The Kier molecular flexibility index (Phi) is 5.34. The molecule has 2 atom stereocenters.